The van der Waals surface area contributed by atoms with Gasteiger partial charge in [-0.15, -0.1) is 0 Å². The first kappa shape index (κ1) is 9.79. The lowest BCUT2D eigenvalue weighted by Gasteiger charge is -1.95. The highest BCUT2D eigenvalue weighted by atomic mass is 16.5. The standard InChI is InChI=1S/C13H12O2/c1-15-13(14)7-6-10-8-11-4-2-3-5-12(11)9-10/h2-5,10H,8-9H2,1H3. The predicted octanol–water partition coefficient (Wildman–Crippen LogP) is 1.58. The second-order valence-corrected chi connectivity index (χ2v) is 3.63. The summed E-state index contributed by atoms with van der Waals surface area (Å²) < 4.78 is 4.47. The van der Waals surface area contributed by atoms with Crippen LogP contribution in [0.5, 0.6) is 0 Å². The van der Waals surface area contributed by atoms with Gasteiger partial charge in [-0.3, -0.25) is 0 Å². The predicted molar refractivity (Wildman–Crippen MR) is 57.1 cm³/mol. The normalized spacial score (nSPS) is 13.9. The minimum Gasteiger partial charge on any atom is -0.459 e. The summed E-state index contributed by atoms with van der Waals surface area (Å²) in [5, 5.41) is 0. The van der Waals surface area contributed by atoms with Gasteiger partial charge in [0.05, 0.1) is 7.11 Å². The van der Waals surface area contributed by atoms with Crippen LogP contribution in [0, 0.1) is 17.8 Å². The van der Waals surface area contributed by atoms with Crippen molar-refractivity contribution in [2.75, 3.05) is 7.11 Å². The molecule has 15 heavy (non-hydrogen) atoms. The number of carbonyl (C=O) groups is 1. The zero-order valence-electron chi connectivity index (χ0n) is 8.62. The van der Waals surface area contributed by atoms with Gasteiger partial charge in [-0.1, -0.05) is 30.2 Å². The fraction of sp³-hybridized carbons (Fsp3) is 0.308. The van der Waals surface area contributed by atoms with Crippen LogP contribution in [-0.2, 0) is 22.4 Å². The quantitative estimate of drug-likeness (QED) is 0.361. The van der Waals surface area contributed by atoms with Crippen molar-refractivity contribution >= 4 is 5.97 Å². The molecule has 0 aromatic heterocycles. The van der Waals surface area contributed by atoms with Crippen LogP contribution in [0.2, 0.25) is 0 Å². The van der Waals surface area contributed by atoms with Crippen LogP contribution < -0.4 is 0 Å². The molecule has 2 rings (SSSR count). The number of rotatable bonds is 0. The summed E-state index contributed by atoms with van der Waals surface area (Å²) in [5.41, 5.74) is 2.70. The van der Waals surface area contributed by atoms with E-state index in [9.17, 15) is 4.79 Å². The van der Waals surface area contributed by atoms with Gasteiger partial charge in [-0.05, 0) is 24.0 Å². The Morgan fingerprint density at radius 2 is 1.93 bits per heavy atom. The molecule has 0 saturated heterocycles. The summed E-state index contributed by atoms with van der Waals surface area (Å²) in [7, 11) is 1.35. The molecule has 2 heteroatoms. The van der Waals surface area contributed by atoms with Crippen LogP contribution >= 0.6 is 0 Å². The van der Waals surface area contributed by atoms with Crippen LogP contribution in [0.25, 0.3) is 0 Å². The minimum atomic E-state index is -0.453. The summed E-state index contributed by atoms with van der Waals surface area (Å²) in [5.74, 6) is 5.27. The fourth-order valence-electron chi connectivity index (χ4n) is 1.87. The van der Waals surface area contributed by atoms with E-state index >= 15 is 0 Å². The van der Waals surface area contributed by atoms with Crippen molar-refractivity contribution < 1.29 is 9.53 Å². The number of carbonyl (C=O) groups excluding carboxylic acids is 1. The van der Waals surface area contributed by atoms with E-state index in [0.717, 1.165) is 12.8 Å². The molecule has 0 atom stereocenters. The Hall–Kier alpha value is -1.75. The van der Waals surface area contributed by atoms with Crippen molar-refractivity contribution in [2.24, 2.45) is 5.92 Å². The van der Waals surface area contributed by atoms with Gasteiger partial charge in [0.1, 0.15) is 0 Å². The second-order valence-electron chi connectivity index (χ2n) is 3.63. The molecule has 0 heterocycles. The Morgan fingerprint density at radius 1 is 1.33 bits per heavy atom. The summed E-state index contributed by atoms with van der Waals surface area (Å²) in [4.78, 5) is 10.8. The smallest absolute Gasteiger partial charge is 0.384 e. The maximum Gasteiger partial charge on any atom is 0.384 e. The largest absolute Gasteiger partial charge is 0.459 e. The van der Waals surface area contributed by atoms with Gasteiger partial charge >= 0.3 is 5.97 Å². The van der Waals surface area contributed by atoms with E-state index < -0.39 is 5.97 Å². The Labute approximate surface area is 89.3 Å². The molecule has 0 aliphatic heterocycles. The van der Waals surface area contributed by atoms with Gasteiger partial charge in [0.15, 0.2) is 0 Å². The first-order valence-electron chi connectivity index (χ1n) is 4.96. The summed E-state index contributed by atoms with van der Waals surface area (Å²) >= 11 is 0. The first-order valence-corrected chi connectivity index (χ1v) is 4.96. The number of ether oxygens (including phenoxy) is 1. The highest BCUT2D eigenvalue weighted by Gasteiger charge is 2.18. The van der Waals surface area contributed by atoms with Gasteiger partial charge in [0.2, 0.25) is 0 Å². The molecule has 0 spiro atoms. The van der Waals surface area contributed by atoms with E-state index in [0.29, 0.717) is 0 Å². The lowest BCUT2D eigenvalue weighted by Crippen LogP contribution is -1.99. The number of hydrogen-bond acceptors (Lipinski definition) is 2. The number of esters is 1. The molecular weight excluding hydrogens is 188 g/mol. The molecule has 76 valence electrons. The van der Waals surface area contributed by atoms with Crippen LogP contribution in [0.1, 0.15) is 11.1 Å². The number of methoxy groups -OCH3 is 1. The monoisotopic (exact) mass is 200 g/mol. The van der Waals surface area contributed by atoms with Crippen LogP contribution in [0.4, 0.5) is 0 Å². The molecule has 0 radical (unpaired) electrons. The number of fused-ring (bicyclic) bond motifs is 1. The summed E-state index contributed by atoms with van der Waals surface area (Å²) in [6.07, 6.45) is 1.89. The Balaban J connectivity index is 2.07. The van der Waals surface area contributed by atoms with Gasteiger partial charge in [-0.2, -0.15) is 0 Å². The molecule has 1 aromatic carbocycles. The van der Waals surface area contributed by atoms with E-state index in [-0.39, 0.29) is 5.92 Å². The molecular formula is C13H12O2. The molecule has 0 saturated carbocycles. The Bertz CT molecular complexity index is 412. The molecule has 1 aliphatic rings. The van der Waals surface area contributed by atoms with Crippen molar-refractivity contribution in [1.29, 1.82) is 0 Å². The molecule has 0 unspecified atom stereocenters. The average molecular weight is 200 g/mol. The number of hydrogen-bond donors (Lipinski definition) is 0. The van der Waals surface area contributed by atoms with Crippen LogP contribution in [0.15, 0.2) is 24.3 Å². The van der Waals surface area contributed by atoms with Crippen molar-refractivity contribution in [3.05, 3.63) is 35.4 Å². The summed E-state index contributed by atoms with van der Waals surface area (Å²) in [6, 6.07) is 8.31. The lowest BCUT2D eigenvalue weighted by atomic mass is 10.1. The van der Waals surface area contributed by atoms with Gasteiger partial charge < -0.3 is 4.74 Å². The molecule has 2 nitrogen and oxygen atoms in total. The molecule has 0 amide bonds. The van der Waals surface area contributed by atoms with E-state index in [2.05, 4.69) is 28.7 Å². The van der Waals surface area contributed by atoms with Gasteiger partial charge in [-0.25, -0.2) is 4.79 Å². The highest BCUT2D eigenvalue weighted by molar-refractivity contribution is 5.88. The molecule has 0 N–H and O–H groups in total. The highest BCUT2D eigenvalue weighted by Crippen LogP contribution is 2.25. The first-order chi connectivity index (χ1) is 7.29. The van der Waals surface area contributed by atoms with E-state index in [1.807, 2.05) is 12.1 Å². The fourth-order valence-corrected chi connectivity index (χ4v) is 1.87. The van der Waals surface area contributed by atoms with Crippen LogP contribution in [-0.4, -0.2) is 13.1 Å². The average Bonchev–Trinajstić information content (AvgIpc) is 2.68. The van der Waals surface area contributed by atoms with Crippen molar-refractivity contribution in [2.45, 2.75) is 12.8 Å². The van der Waals surface area contributed by atoms with Crippen molar-refractivity contribution in [3.8, 4) is 11.8 Å². The van der Waals surface area contributed by atoms with Gasteiger partial charge in [0.25, 0.3) is 0 Å². The topological polar surface area (TPSA) is 26.3 Å². The zero-order chi connectivity index (χ0) is 10.7. The molecule has 1 aromatic rings. The Morgan fingerprint density at radius 3 is 2.47 bits per heavy atom. The maximum absolute atomic E-state index is 10.8. The molecule has 0 fully saturated rings. The third-order valence-electron chi connectivity index (χ3n) is 2.61. The third-order valence-corrected chi connectivity index (χ3v) is 2.61. The van der Waals surface area contributed by atoms with E-state index in [4.69, 9.17) is 0 Å². The van der Waals surface area contributed by atoms with E-state index in [1.54, 1.807) is 0 Å². The van der Waals surface area contributed by atoms with Crippen molar-refractivity contribution in [1.82, 2.24) is 0 Å². The zero-order valence-corrected chi connectivity index (χ0v) is 8.62. The minimum absolute atomic E-state index is 0.265. The third kappa shape index (κ3) is 2.19. The Kier molecular flexibility index (Phi) is 2.73. The lowest BCUT2D eigenvalue weighted by molar-refractivity contribution is -0.133. The van der Waals surface area contributed by atoms with Crippen LogP contribution in [0.3, 0.4) is 0 Å². The van der Waals surface area contributed by atoms with E-state index in [1.165, 1.54) is 18.2 Å². The number of benzene rings is 1. The second kappa shape index (κ2) is 4.18. The SMILES string of the molecule is COC(=O)C#CC1Cc2ccccc2C1. The molecule has 1 aliphatic carbocycles. The van der Waals surface area contributed by atoms with Crippen molar-refractivity contribution in [3.63, 3.8) is 0 Å². The van der Waals surface area contributed by atoms with Gasteiger partial charge in [0, 0.05) is 11.8 Å². The summed E-state index contributed by atoms with van der Waals surface area (Å²) in [6.45, 7) is 0. The molecule has 0 bridgehead atoms. The maximum atomic E-state index is 10.8.